The third-order valence-corrected chi connectivity index (χ3v) is 5.72. The summed E-state index contributed by atoms with van der Waals surface area (Å²) in [5.41, 5.74) is 0.820. The molecule has 120 valence electrons. The Morgan fingerprint density at radius 1 is 1.10 bits per heavy atom. The molecule has 2 saturated heterocycles. The fourth-order valence-corrected chi connectivity index (χ4v) is 4.07. The predicted octanol–water partition coefficient (Wildman–Crippen LogP) is 2.14. The molecule has 2 heterocycles. The van der Waals surface area contributed by atoms with Crippen LogP contribution in [-0.4, -0.2) is 60.6 Å². The Bertz CT molecular complexity index is 380. The van der Waals surface area contributed by atoms with E-state index in [0.29, 0.717) is 30.1 Å². The zero-order chi connectivity index (χ0) is 15.1. The summed E-state index contributed by atoms with van der Waals surface area (Å²) in [5.74, 6) is 0.664. The van der Waals surface area contributed by atoms with Crippen molar-refractivity contribution in [3.63, 3.8) is 0 Å². The number of carbonyl (C=O) groups excluding carboxylic acids is 1. The van der Waals surface area contributed by atoms with Crippen LogP contribution >= 0.6 is 0 Å². The molecular weight excluding hydrogens is 264 g/mol. The van der Waals surface area contributed by atoms with Gasteiger partial charge in [0.15, 0.2) is 0 Å². The minimum atomic E-state index is 0.275. The lowest BCUT2D eigenvalue weighted by Gasteiger charge is -2.58. The molecule has 2 aliphatic heterocycles. The second-order valence-corrected chi connectivity index (χ2v) is 8.24. The smallest absolute Gasteiger partial charge is 0.225 e. The van der Waals surface area contributed by atoms with Gasteiger partial charge in [-0.25, -0.2) is 0 Å². The van der Waals surface area contributed by atoms with E-state index in [-0.39, 0.29) is 5.92 Å². The summed E-state index contributed by atoms with van der Waals surface area (Å²) >= 11 is 0. The van der Waals surface area contributed by atoms with Crippen molar-refractivity contribution in [2.24, 2.45) is 11.3 Å². The predicted molar refractivity (Wildman–Crippen MR) is 83.1 cm³/mol. The number of rotatable bonds is 1. The van der Waals surface area contributed by atoms with Gasteiger partial charge in [0.25, 0.3) is 0 Å². The van der Waals surface area contributed by atoms with Gasteiger partial charge in [0, 0.05) is 37.6 Å². The van der Waals surface area contributed by atoms with Crippen LogP contribution in [0.4, 0.5) is 0 Å². The van der Waals surface area contributed by atoms with Crippen LogP contribution in [0.1, 0.15) is 46.5 Å². The van der Waals surface area contributed by atoms with Gasteiger partial charge in [0.1, 0.15) is 0 Å². The zero-order valence-electron chi connectivity index (χ0n) is 13.9. The first-order valence-electron chi connectivity index (χ1n) is 8.51. The van der Waals surface area contributed by atoms with E-state index in [1.54, 1.807) is 0 Å². The van der Waals surface area contributed by atoms with Crippen LogP contribution < -0.4 is 0 Å². The average molecular weight is 294 g/mol. The van der Waals surface area contributed by atoms with Crippen molar-refractivity contribution in [3.8, 4) is 0 Å². The molecule has 0 N–H and O–H groups in total. The highest BCUT2D eigenvalue weighted by Gasteiger charge is 2.49. The third kappa shape index (κ3) is 3.11. The summed E-state index contributed by atoms with van der Waals surface area (Å²) in [6.45, 7) is 12.4. The summed E-state index contributed by atoms with van der Waals surface area (Å²) in [7, 11) is 0. The van der Waals surface area contributed by atoms with E-state index in [9.17, 15) is 4.79 Å². The van der Waals surface area contributed by atoms with E-state index < -0.39 is 0 Å². The van der Waals surface area contributed by atoms with Crippen LogP contribution in [0.2, 0.25) is 0 Å². The summed E-state index contributed by atoms with van der Waals surface area (Å²) in [6, 6.07) is 0. The van der Waals surface area contributed by atoms with Crippen LogP contribution in [0, 0.1) is 11.3 Å². The number of amides is 1. The summed E-state index contributed by atoms with van der Waals surface area (Å²) in [6.07, 6.45) is 4.66. The lowest BCUT2D eigenvalue weighted by Crippen LogP contribution is -2.63. The first-order chi connectivity index (χ1) is 9.90. The number of hydrogen-bond donors (Lipinski definition) is 0. The fraction of sp³-hybridized carbons (Fsp3) is 0.941. The first kappa shape index (κ1) is 15.3. The molecule has 0 unspecified atom stereocenters. The second kappa shape index (κ2) is 5.54. The molecule has 0 bridgehead atoms. The SMILES string of the molecule is CC(C)(C)N1CC2(CCC(C(=O)N3CCOCC3)CC2)C1. The standard InChI is InChI=1S/C17H30N2O2/c1-16(2,3)19-12-17(13-19)6-4-14(5-7-17)15(20)18-8-10-21-11-9-18/h14H,4-13H2,1-3H3. The molecule has 0 atom stereocenters. The third-order valence-electron chi connectivity index (χ3n) is 5.72. The molecule has 3 fully saturated rings. The molecule has 4 heteroatoms. The van der Waals surface area contributed by atoms with Crippen molar-refractivity contribution in [3.05, 3.63) is 0 Å². The van der Waals surface area contributed by atoms with Gasteiger partial charge in [-0.1, -0.05) is 0 Å². The van der Waals surface area contributed by atoms with E-state index >= 15 is 0 Å². The number of likely N-dealkylation sites (tertiary alicyclic amines) is 1. The van der Waals surface area contributed by atoms with Crippen molar-refractivity contribution in [1.29, 1.82) is 0 Å². The van der Waals surface area contributed by atoms with E-state index in [4.69, 9.17) is 4.74 Å². The molecule has 4 nitrogen and oxygen atoms in total. The highest BCUT2D eigenvalue weighted by molar-refractivity contribution is 5.79. The lowest BCUT2D eigenvalue weighted by molar-refractivity contribution is -0.144. The fourth-order valence-electron chi connectivity index (χ4n) is 4.07. The normalized spacial score (nSPS) is 27.7. The minimum Gasteiger partial charge on any atom is -0.378 e. The number of hydrogen-bond acceptors (Lipinski definition) is 3. The number of nitrogens with zero attached hydrogens (tertiary/aromatic N) is 2. The van der Waals surface area contributed by atoms with E-state index in [1.165, 1.54) is 25.9 Å². The Hall–Kier alpha value is -0.610. The molecular formula is C17H30N2O2. The van der Waals surface area contributed by atoms with Gasteiger partial charge in [0.2, 0.25) is 5.91 Å². The van der Waals surface area contributed by atoms with Crippen LogP contribution in [0.25, 0.3) is 0 Å². The van der Waals surface area contributed by atoms with Crippen LogP contribution in [0.15, 0.2) is 0 Å². The van der Waals surface area contributed by atoms with Crippen molar-refractivity contribution in [1.82, 2.24) is 9.80 Å². The largest absolute Gasteiger partial charge is 0.378 e. The van der Waals surface area contributed by atoms with Crippen LogP contribution in [-0.2, 0) is 9.53 Å². The topological polar surface area (TPSA) is 32.8 Å². The molecule has 1 spiro atoms. The Kier molecular flexibility index (Phi) is 4.04. The monoisotopic (exact) mass is 294 g/mol. The minimum absolute atomic E-state index is 0.275. The highest BCUT2D eigenvalue weighted by Crippen LogP contribution is 2.47. The van der Waals surface area contributed by atoms with Gasteiger partial charge in [-0.3, -0.25) is 9.69 Å². The van der Waals surface area contributed by atoms with E-state index in [0.717, 1.165) is 25.9 Å². The van der Waals surface area contributed by atoms with Gasteiger partial charge in [-0.2, -0.15) is 0 Å². The lowest BCUT2D eigenvalue weighted by atomic mass is 9.64. The van der Waals surface area contributed by atoms with Crippen molar-refractivity contribution in [2.45, 2.75) is 52.0 Å². The maximum atomic E-state index is 12.6. The Morgan fingerprint density at radius 2 is 1.67 bits per heavy atom. The van der Waals surface area contributed by atoms with E-state index in [2.05, 4.69) is 25.7 Å². The van der Waals surface area contributed by atoms with Crippen molar-refractivity contribution >= 4 is 5.91 Å². The van der Waals surface area contributed by atoms with Gasteiger partial charge in [0.05, 0.1) is 13.2 Å². The molecule has 1 aliphatic carbocycles. The molecule has 0 aromatic rings. The molecule has 3 aliphatic rings. The number of carbonyl (C=O) groups is 1. The molecule has 21 heavy (non-hydrogen) atoms. The molecule has 1 amide bonds. The Morgan fingerprint density at radius 3 is 2.19 bits per heavy atom. The second-order valence-electron chi connectivity index (χ2n) is 8.24. The number of morpholine rings is 1. The quantitative estimate of drug-likeness (QED) is 0.743. The van der Waals surface area contributed by atoms with E-state index in [1.807, 2.05) is 4.90 Å². The van der Waals surface area contributed by atoms with Crippen LogP contribution in [0.3, 0.4) is 0 Å². The van der Waals surface area contributed by atoms with Gasteiger partial charge in [-0.15, -0.1) is 0 Å². The molecule has 1 saturated carbocycles. The number of ether oxygens (including phenoxy) is 1. The Labute approximate surface area is 128 Å². The molecule has 0 radical (unpaired) electrons. The molecule has 0 aromatic heterocycles. The summed E-state index contributed by atoms with van der Waals surface area (Å²) in [4.78, 5) is 17.2. The van der Waals surface area contributed by atoms with Gasteiger partial charge in [-0.05, 0) is 51.9 Å². The van der Waals surface area contributed by atoms with Gasteiger partial charge >= 0.3 is 0 Å². The van der Waals surface area contributed by atoms with Crippen LogP contribution in [0.5, 0.6) is 0 Å². The van der Waals surface area contributed by atoms with Crippen molar-refractivity contribution in [2.75, 3.05) is 39.4 Å². The highest BCUT2D eigenvalue weighted by atomic mass is 16.5. The van der Waals surface area contributed by atoms with Crippen molar-refractivity contribution < 1.29 is 9.53 Å². The zero-order valence-corrected chi connectivity index (χ0v) is 13.9. The van der Waals surface area contributed by atoms with Gasteiger partial charge < -0.3 is 9.64 Å². The average Bonchev–Trinajstić information content (AvgIpc) is 2.44. The maximum Gasteiger partial charge on any atom is 0.225 e. The summed E-state index contributed by atoms with van der Waals surface area (Å²) < 4.78 is 5.34. The summed E-state index contributed by atoms with van der Waals surface area (Å²) in [5, 5.41) is 0. The maximum absolute atomic E-state index is 12.6. The first-order valence-corrected chi connectivity index (χ1v) is 8.51. The molecule has 3 rings (SSSR count). The molecule has 0 aromatic carbocycles. The Balaban J connectivity index is 1.48.